The van der Waals surface area contributed by atoms with Gasteiger partial charge >= 0.3 is 6.09 Å². The fourth-order valence-corrected chi connectivity index (χ4v) is 2.29. The van der Waals surface area contributed by atoms with Crippen molar-refractivity contribution in [1.29, 1.82) is 0 Å². The SMILES string of the molecule is COC(=O)N/N=C/c1cc(Cl)ccc1OCCCOc1ccccc1OC. The Morgan fingerprint density at radius 2 is 1.78 bits per heavy atom. The van der Waals surface area contributed by atoms with Gasteiger partial charge in [-0.3, -0.25) is 0 Å². The van der Waals surface area contributed by atoms with Crippen LogP contribution >= 0.6 is 11.6 Å². The lowest BCUT2D eigenvalue weighted by Gasteiger charge is -2.12. The molecule has 0 aliphatic heterocycles. The van der Waals surface area contributed by atoms with Gasteiger partial charge in [0.25, 0.3) is 0 Å². The molecule has 0 unspecified atom stereocenters. The molecular formula is C19H21ClN2O5. The topological polar surface area (TPSA) is 78.4 Å². The van der Waals surface area contributed by atoms with Crippen LogP contribution in [-0.4, -0.2) is 39.7 Å². The molecule has 1 amide bonds. The fraction of sp³-hybridized carbons (Fsp3) is 0.263. The molecule has 0 radical (unpaired) electrons. The van der Waals surface area contributed by atoms with Crippen LogP contribution in [0.1, 0.15) is 12.0 Å². The van der Waals surface area contributed by atoms with Gasteiger partial charge in [-0.2, -0.15) is 5.10 Å². The van der Waals surface area contributed by atoms with Crippen LogP contribution in [0, 0.1) is 0 Å². The highest BCUT2D eigenvalue weighted by molar-refractivity contribution is 6.30. The van der Waals surface area contributed by atoms with Gasteiger partial charge in [0.05, 0.1) is 33.6 Å². The monoisotopic (exact) mass is 392 g/mol. The minimum Gasteiger partial charge on any atom is -0.493 e. The lowest BCUT2D eigenvalue weighted by molar-refractivity contribution is 0.171. The summed E-state index contributed by atoms with van der Waals surface area (Å²) >= 11 is 6.00. The maximum Gasteiger partial charge on any atom is 0.427 e. The fourth-order valence-electron chi connectivity index (χ4n) is 2.11. The number of ether oxygens (including phenoxy) is 4. The average molecular weight is 393 g/mol. The number of carbonyl (C=O) groups excluding carboxylic acids is 1. The molecule has 144 valence electrons. The van der Waals surface area contributed by atoms with E-state index in [-0.39, 0.29) is 0 Å². The molecule has 0 aromatic heterocycles. The van der Waals surface area contributed by atoms with Gasteiger partial charge in [0.1, 0.15) is 5.75 Å². The Morgan fingerprint density at radius 1 is 1.07 bits per heavy atom. The van der Waals surface area contributed by atoms with Gasteiger partial charge in [-0.15, -0.1) is 0 Å². The first-order chi connectivity index (χ1) is 13.1. The normalized spacial score (nSPS) is 10.5. The van der Waals surface area contributed by atoms with Crippen molar-refractivity contribution < 1.29 is 23.7 Å². The number of benzene rings is 2. The summed E-state index contributed by atoms with van der Waals surface area (Å²) in [5.41, 5.74) is 2.84. The van der Waals surface area contributed by atoms with Crippen molar-refractivity contribution in [3.8, 4) is 17.2 Å². The van der Waals surface area contributed by atoms with Gasteiger partial charge in [-0.1, -0.05) is 23.7 Å². The maximum atomic E-state index is 11.0. The zero-order valence-corrected chi connectivity index (χ0v) is 15.9. The van der Waals surface area contributed by atoms with Crippen molar-refractivity contribution in [2.45, 2.75) is 6.42 Å². The summed E-state index contributed by atoms with van der Waals surface area (Å²) in [6.07, 6.45) is 1.44. The van der Waals surface area contributed by atoms with E-state index in [9.17, 15) is 4.79 Å². The minimum atomic E-state index is -0.663. The van der Waals surface area contributed by atoms with Crippen LogP contribution in [0.3, 0.4) is 0 Å². The Kier molecular flexibility index (Phi) is 8.25. The van der Waals surface area contributed by atoms with Crippen molar-refractivity contribution in [3.63, 3.8) is 0 Å². The summed E-state index contributed by atoms with van der Waals surface area (Å²) in [6.45, 7) is 0.906. The second kappa shape index (κ2) is 10.9. The summed E-state index contributed by atoms with van der Waals surface area (Å²) in [6, 6.07) is 12.6. The number of hydrazone groups is 1. The Bertz CT molecular complexity index is 782. The second-order valence-corrected chi connectivity index (χ2v) is 5.68. The standard InChI is InChI=1S/C19H21ClN2O5/c1-24-17-6-3-4-7-18(17)27-11-5-10-26-16-9-8-15(20)12-14(16)13-21-22-19(23)25-2/h3-4,6-9,12-13H,5,10-11H2,1-2H3,(H,22,23)/b21-13+. The third-order valence-corrected chi connectivity index (χ3v) is 3.62. The maximum absolute atomic E-state index is 11.0. The van der Waals surface area contributed by atoms with E-state index in [0.717, 1.165) is 0 Å². The Balaban J connectivity index is 1.85. The molecule has 8 heteroatoms. The molecule has 2 aromatic carbocycles. The van der Waals surface area contributed by atoms with Gasteiger partial charge in [0.2, 0.25) is 0 Å². The highest BCUT2D eigenvalue weighted by Gasteiger charge is 2.05. The average Bonchev–Trinajstić information content (AvgIpc) is 2.69. The smallest absolute Gasteiger partial charge is 0.427 e. The first-order valence-electron chi connectivity index (χ1n) is 8.19. The number of nitrogens with zero attached hydrogens (tertiary/aromatic N) is 1. The molecule has 0 atom stereocenters. The van der Waals surface area contributed by atoms with E-state index in [4.69, 9.17) is 25.8 Å². The zero-order chi connectivity index (χ0) is 19.5. The van der Waals surface area contributed by atoms with E-state index >= 15 is 0 Å². The van der Waals surface area contributed by atoms with Crippen molar-refractivity contribution in [3.05, 3.63) is 53.1 Å². The first kappa shape index (κ1) is 20.4. The molecule has 27 heavy (non-hydrogen) atoms. The largest absolute Gasteiger partial charge is 0.493 e. The Morgan fingerprint density at radius 3 is 2.48 bits per heavy atom. The lowest BCUT2D eigenvalue weighted by atomic mass is 10.2. The molecule has 0 heterocycles. The van der Waals surface area contributed by atoms with Crippen LogP contribution in [0.4, 0.5) is 4.79 Å². The minimum absolute atomic E-state index is 0.433. The first-order valence-corrected chi connectivity index (χ1v) is 8.57. The van der Waals surface area contributed by atoms with Crippen LogP contribution in [0.2, 0.25) is 5.02 Å². The Labute approximate surface area is 162 Å². The van der Waals surface area contributed by atoms with E-state index < -0.39 is 6.09 Å². The van der Waals surface area contributed by atoms with Gasteiger partial charge in [-0.05, 0) is 30.3 Å². The summed E-state index contributed by atoms with van der Waals surface area (Å²) in [4.78, 5) is 11.0. The molecule has 0 aliphatic rings. The quantitative estimate of drug-likeness (QED) is 0.398. The van der Waals surface area contributed by atoms with Crippen LogP contribution < -0.4 is 19.6 Å². The molecule has 1 N–H and O–H groups in total. The molecule has 0 aliphatic carbocycles. The van der Waals surface area contributed by atoms with Crippen LogP contribution in [0.5, 0.6) is 17.2 Å². The van der Waals surface area contributed by atoms with Gasteiger partial charge in [-0.25, -0.2) is 10.2 Å². The van der Waals surface area contributed by atoms with Gasteiger partial charge in [0.15, 0.2) is 11.5 Å². The molecule has 0 bridgehead atoms. The summed E-state index contributed by atoms with van der Waals surface area (Å²) in [5, 5.41) is 4.32. The molecule has 7 nitrogen and oxygen atoms in total. The predicted molar refractivity (Wildman–Crippen MR) is 103 cm³/mol. The van der Waals surface area contributed by atoms with Gasteiger partial charge in [0, 0.05) is 17.0 Å². The number of hydrogen-bond acceptors (Lipinski definition) is 6. The third-order valence-electron chi connectivity index (χ3n) is 3.39. The van der Waals surface area contributed by atoms with Crippen molar-refractivity contribution >= 4 is 23.9 Å². The number of halogens is 1. The number of methoxy groups -OCH3 is 2. The van der Waals surface area contributed by atoms with Crippen LogP contribution in [0.15, 0.2) is 47.6 Å². The zero-order valence-electron chi connectivity index (χ0n) is 15.1. The molecule has 0 spiro atoms. The number of nitrogens with one attached hydrogen (secondary N) is 1. The summed E-state index contributed by atoms with van der Waals surface area (Å²) in [7, 11) is 2.86. The highest BCUT2D eigenvalue weighted by atomic mass is 35.5. The Hall–Kier alpha value is -2.93. The van der Waals surface area contributed by atoms with E-state index in [1.807, 2.05) is 24.3 Å². The van der Waals surface area contributed by atoms with E-state index in [1.54, 1.807) is 25.3 Å². The number of amides is 1. The summed E-state index contributed by atoms with van der Waals surface area (Å²) in [5.74, 6) is 1.97. The molecule has 0 saturated heterocycles. The highest BCUT2D eigenvalue weighted by Crippen LogP contribution is 2.26. The number of hydrogen-bond donors (Lipinski definition) is 1. The van der Waals surface area contributed by atoms with Crippen LogP contribution in [0.25, 0.3) is 0 Å². The molecule has 2 rings (SSSR count). The number of para-hydroxylation sites is 2. The van der Waals surface area contributed by atoms with E-state index in [2.05, 4.69) is 15.3 Å². The summed E-state index contributed by atoms with van der Waals surface area (Å²) < 4.78 is 21.2. The third kappa shape index (κ3) is 6.71. The second-order valence-electron chi connectivity index (χ2n) is 5.25. The lowest BCUT2D eigenvalue weighted by Crippen LogP contribution is -2.16. The van der Waals surface area contributed by atoms with Crippen molar-refractivity contribution in [2.75, 3.05) is 27.4 Å². The number of carbonyl (C=O) groups is 1. The van der Waals surface area contributed by atoms with E-state index in [0.29, 0.717) is 47.5 Å². The molecular weight excluding hydrogens is 372 g/mol. The molecule has 0 fully saturated rings. The van der Waals surface area contributed by atoms with Crippen LogP contribution in [-0.2, 0) is 4.74 Å². The predicted octanol–water partition coefficient (Wildman–Crippen LogP) is 3.89. The molecule has 0 saturated carbocycles. The molecule has 2 aromatic rings. The number of rotatable bonds is 9. The van der Waals surface area contributed by atoms with E-state index in [1.165, 1.54) is 13.3 Å². The van der Waals surface area contributed by atoms with Crippen molar-refractivity contribution in [2.24, 2.45) is 5.10 Å². The van der Waals surface area contributed by atoms with Crippen molar-refractivity contribution in [1.82, 2.24) is 5.43 Å². The van der Waals surface area contributed by atoms with Gasteiger partial charge < -0.3 is 18.9 Å².